The zero-order valence-electron chi connectivity index (χ0n) is 22.0. The van der Waals surface area contributed by atoms with E-state index in [0.29, 0.717) is 5.56 Å². The summed E-state index contributed by atoms with van der Waals surface area (Å²) in [5.41, 5.74) is 8.40. The first-order valence-corrected chi connectivity index (χ1v) is 15.1. The first-order valence-electron chi connectivity index (χ1n) is 14.2. The van der Waals surface area contributed by atoms with Gasteiger partial charge in [0.25, 0.3) is 0 Å². The van der Waals surface area contributed by atoms with Crippen molar-refractivity contribution in [2.75, 3.05) is 39.3 Å². The molecule has 0 saturated carbocycles. The van der Waals surface area contributed by atoms with E-state index in [1.54, 1.807) is 0 Å². The van der Waals surface area contributed by atoms with Crippen molar-refractivity contribution >= 4 is 46.3 Å². The number of carbonyl (C=O) groups is 2. The second-order valence-electron chi connectivity index (χ2n) is 11.1. The van der Waals surface area contributed by atoms with Gasteiger partial charge in [-0.15, -0.1) is 25.3 Å². The third-order valence-electron chi connectivity index (χ3n) is 8.84. The predicted molar refractivity (Wildman–Crippen MR) is 163 cm³/mol. The molecule has 3 aromatic carbocycles. The van der Waals surface area contributed by atoms with Gasteiger partial charge in [-0.1, -0.05) is 37.1 Å². The SMILES string of the molecule is O=C(S)c1ccc2c(c1)-c1c(CCN3CCCCC3)c(CCN3CCCCC3)c(C(=O)S)c3cccc-2c13. The van der Waals surface area contributed by atoms with Crippen molar-refractivity contribution in [3.63, 3.8) is 0 Å². The van der Waals surface area contributed by atoms with Crippen molar-refractivity contribution in [1.29, 1.82) is 0 Å². The molecule has 0 N–H and O–H groups in total. The molecule has 0 unspecified atom stereocenters. The average Bonchev–Trinajstić information content (AvgIpc) is 3.27. The number of nitrogens with zero attached hydrogens (tertiary/aromatic N) is 2. The van der Waals surface area contributed by atoms with Crippen LogP contribution in [0.3, 0.4) is 0 Å². The Kier molecular flexibility index (Phi) is 7.68. The lowest BCUT2D eigenvalue weighted by atomic mass is 9.85. The van der Waals surface area contributed by atoms with Crippen molar-refractivity contribution in [2.45, 2.75) is 51.4 Å². The normalized spacial score (nSPS) is 17.6. The smallest absolute Gasteiger partial charge is 0.217 e. The van der Waals surface area contributed by atoms with Crippen molar-refractivity contribution in [3.8, 4) is 22.3 Å². The zero-order chi connectivity index (χ0) is 26.2. The third-order valence-corrected chi connectivity index (χ3v) is 9.33. The molecule has 0 radical (unpaired) electrons. The number of carbonyl (C=O) groups excluding carboxylic acids is 2. The van der Waals surface area contributed by atoms with Crippen LogP contribution in [0.4, 0.5) is 0 Å². The van der Waals surface area contributed by atoms with Gasteiger partial charge in [0.05, 0.1) is 0 Å². The van der Waals surface area contributed by atoms with Gasteiger partial charge >= 0.3 is 0 Å². The van der Waals surface area contributed by atoms with Crippen LogP contribution in [0.25, 0.3) is 33.0 Å². The molecule has 0 aromatic heterocycles. The fourth-order valence-electron chi connectivity index (χ4n) is 6.99. The summed E-state index contributed by atoms with van der Waals surface area (Å²) in [7, 11) is 0. The van der Waals surface area contributed by atoms with Gasteiger partial charge in [-0.05, 0) is 121 Å². The van der Waals surface area contributed by atoms with E-state index in [-0.39, 0.29) is 10.2 Å². The number of hydrogen-bond donors (Lipinski definition) is 2. The van der Waals surface area contributed by atoms with Gasteiger partial charge in [-0.2, -0.15) is 0 Å². The van der Waals surface area contributed by atoms with Crippen LogP contribution in [0, 0.1) is 0 Å². The van der Waals surface area contributed by atoms with Crippen LogP contribution in [0.5, 0.6) is 0 Å². The topological polar surface area (TPSA) is 40.6 Å². The molecule has 0 amide bonds. The number of piperidine rings is 2. The Hall–Kier alpha value is -2.12. The summed E-state index contributed by atoms with van der Waals surface area (Å²) in [6.07, 6.45) is 9.37. The Morgan fingerprint density at radius 1 is 0.684 bits per heavy atom. The molecule has 3 aliphatic rings. The van der Waals surface area contributed by atoms with E-state index >= 15 is 0 Å². The maximum Gasteiger partial charge on any atom is 0.217 e. The number of benzene rings is 3. The highest BCUT2D eigenvalue weighted by Gasteiger charge is 2.31. The molecular formula is C32H36N2O2S2. The quantitative estimate of drug-likeness (QED) is 0.243. The molecule has 2 aliphatic heterocycles. The summed E-state index contributed by atoms with van der Waals surface area (Å²) < 4.78 is 0. The average molecular weight is 545 g/mol. The van der Waals surface area contributed by atoms with E-state index in [9.17, 15) is 9.59 Å². The van der Waals surface area contributed by atoms with E-state index < -0.39 is 0 Å². The number of fused-ring (bicyclic) bond motifs is 3. The number of likely N-dealkylation sites (tertiary alicyclic amines) is 2. The lowest BCUT2D eigenvalue weighted by Gasteiger charge is -2.29. The molecule has 4 nitrogen and oxygen atoms in total. The first-order chi connectivity index (χ1) is 18.5. The first kappa shape index (κ1) is 26.1. The summed E-state index contributed by atoms with van der Waals surface area (Å²) in [5.74, 6) is 0. The minimum absolute atomic E-state index is 0.149. The van der Waals surface area contributed by atoms with Crippen LogP contribution < -0.4 is 0 Å². The zero-order valence-corrected chi connectivity index (χ0v) is 23.8. The van der Waals surface area contributed by atoms with Crippen LogP contribution in [0.1, 0.15) is 70.4 Å². The second kappa shape index (κ2) is 11.2. The van der Waals surface area contributed by atoms with E-state index in [2.05, 4.69) is 59.3 Å². The fraction of sp³-hybridized carbons (Fsp3) is 0.438. The van der Waals surface area contributed by atoms with Gasteiger partial charge in [0.15, 0.2) is 0 Å². The van der Waals surface area contributed by atoms with E-state index in [1.165, 1.54) is 49.7 Å². The summed E-state index contributed by atoms with van der Waals surface area (Å²) in [4.78, 5) is 30.6. The Bertz CT molecular complexity index is 1400. The van der Waals surface area contributed by atoms with Crippen molar-refractivity contribution in [2.24, 2.45) is 0 Å². The number of thiol groups is 2. The summed E-state index contributed by atoms with van der Waals surface area (Å²) in [5, 5.41) is 1.76. The predicted octanol–water partition coefficient (Wildman–Crippen LogP) is 6.68. The van der Waals surface area contributed by atoms with Gasteiger partial charge in [-0.3, -0.25) is 9.59 Å². The molecule has 0 spiro atoms. The largest absolute Gasteiger partial charge is 0.303 e. The Labute approximate surface area is 236 Å². The van der Waals surface area contributed by atoms with Crippen LogP contribution in [0.2, 0.25) is 0 Å². The van der Waals surface area contributed by atoms with Crippen molar-refractivity contribution in [3.05, 3.63) is 58.7 Å². The van der Waals surface area contributed by atoms with Crippen LogP contribution in [-0.2, 0) is 12.8 Å². The van der Waals surface area contributed by atoms with E-state index in [1.807, 2.05) is 12.1 Å². The Morgan fingerprint density at radius 3 is 1.92 bits per heavy atom. The molecular weight excluding hydrogens is 508 g/mol. The summed E-state index contributed by atoms with van der Waals surface area (Å²) in [6, 6.07) is 12.2. The molecule has 198 valence electrons. The minimum atomic E-state index is -0.220. The minimum Gasteiger partial charge on any atom is -0.303 e. The van der Waals surface area contributed by atoms with Gasteiger partial charge in [-0.25, -0.2) is 0 Å². The standard InChI is InChI=1S/C32H36N2O2S2/c35-31(37)21-10-11-22-23-8-7-9-26-28(23)29(27(22)20-21)24(12-18-33-14-3-1-4-15-33)25(30(26)32(36)38)13-19-34-16-5-2-6-17-34/h7-11,20H,1-6,12-19H2,(H,35,37)(H,36,38). The second-order valence-corrected chi connectivity index (χ2v) is 11.9. The van der Waals surface area contributed by atoms with Gasteiger partial charge < -0.3 is 9.80 Å². The molecule has 1 aliphatic carbocycles. The summed E-state index contributed by atoms with van der Waals surface area (Å²) >= 11 is 8.58. The lowest BCUT2D eigenvalue weighted by Crippen LogP contribution is -2.33. The van der Waals surface area contributed by atoms with Crippen LogP contribution >= 0.6 is 25.3 Å². The Balaban J connectivity index is 1.54. The van der Waals surface area contributed by atoms with Gasteiger partial charge in [0.2, 0.25) is 10.2 Å². The van der Waals surface area contributed by atoms with Crippen LogP contribution in [0.15, 0.2) is 36.4 Å². The number of rotatable bonds is 8. The fourth-order valence-corrected chi connectivity index (χ4v) is 7.38. The highest BCUT2D eigenvalue weighted by molar-refractivity contribution is 7.97. The van der Waals surface area contributed by atoms with E-state index in [0.717, 1.165) is 90.7 Å². The third kappa shape index (κ3) is 4.85. The monoisotopic (exact) mass is 544 g/mol. The Morgan fingerprint density at radius 2 is 1.32 bits per heavy atom. The maximum absolute atomic E-state index is 13.2. The maximum atomic E-state index is 13.2. The van der Waals surface area contributed by atoms with Crippen molar-refractivity contribution < 1.29 is 9.59 Å². The van der Waals surface area contributed by atoms with Crippen molar-refractivity contribution in [1.82, 2.24) is 9.80 Å². The number of hydrogen-bond acceptors (Lipinski definition) is 4. The highest BCUT2D eigenvalue weighted by Crippen LogP contribution is 2.51. The molecule has 2 heterocycles. The highest BCUT2D eigenvalue weighted by atomic mass is 32.1. The molecule has 0 bridgehead atoms. The lowest BCUT2D eigenvalue weighted by molar-refractivity contribution is 0.108. The van der Waals surface area contributed by atoms with E-state index in [4.69, 9.17) is 0 Å². The molecule has 38 heavy (non-hydrogen) atoms. The molecule has 0 atom stereocenters. The molecule has 6 rings (SSSR count). The van der Waals surface area contributed by atoms with Gasteiger partial charge in [0.1, 0.15) is 0 Å². The molecule has 3 aromatic rings. The summed E-state index contributed by atoms with van der Waals surface area (Å²) in [6.45, 7) is 6.49. The molecule has 2 saturated heterocycles. The molecule has 6 heteroatoms. The van der Waals surface area contributed by atoms with Gasteiger partial charge in [0, 0.05) is 24.2 Å². The van der Waals surface area contributed by atoms with Crippen LogP contribution in [-0.4, -0.2) is 59.3 Å². The molecule has 2 fully saturated rings.